The molecular weight excluding hydrogens is 272 g/mol. The summed E-state index contributed by atoms with van der Waals surface area (Å²) in [6.45, 7) is 2.89. The second kappa shape index (κ2) is 5.38. The molecule has 1 fully saturated rings. The van der Waals surface area contributed by atoms with Gasteiger partial charge in [0.2, 0.25) is 11.1 Å². The third-order valence-electron chi connectivity index (χ3n) is 2.76. The summed E-state index contributed by atoms with van der Waals surface area (Å²) in [7, 11) is 0. The topological polar surface area (TPSA) is 81.4 Å². The van der Waals surface area contributed by atoms with Gasteiger partial charge in [-0.3, -0.25) is 10.1 Å². The van der Waals surface area contributed by atoms with Crippen LogP contribution in [0.25, 0.3) is 0 Å². The van der Waals surface area contributed by atoms with E-state index in [1.807, 2.05) is 0 Å². The Hall–Kier alpha value is -1.91. The predicted molar refractivity (Wildman–Crippen MR) is 69.2 cm³/mol. The number of terminal acetylenes is 1. The first-order chi connectivity index (χ1) is 9.04. The Morgan fingerprint density at radius 3 is 2.95 bits per heavy atom. The van der Waals surface area contributed by atoms with Crippen LogP contribution in [0.2, 0.25) is 5.15 Å². The lowest BCUT2D eigenvalue weighted by Crippen LogP contribution is -2.45. The van der Waals surface area contributed by atoms with E-state index in [2.05, 4.69) is 15.9 Å². The first kappa shape index (κ1) is 13.5. The van der Waals surface area contributed by atoms with Crippen molar-refractivity contribution in [3.8, 4) is 12.3 Å². The summed E-state index contributed by atoms with van der Waals surface area (Å²) in [5.74, 6) is 2.86. The molecule has 1 aliphatic rings. The number of hydrogen-bond donors (Lipinski definition) is 0. The van der Waals surface area contributed by atoms with E-state index < -0.39 is 4.92 Å². The maximum absolute atomic E-state index is 10.8. The Bertz CT molecular complexity index is 534. The Labute approximate surface area is 114 Å². The molecule has 0 aliphatic carbocycles. The molecule has 0 saturated carbocycles. The minimum atomic E-state index is -0.598. The quantitative estimate of drug-likeness (QED) is 0.351. The zero-order chi connectivity index (χ0) is 14.0. The molecule has 0 aromatic carbocycles. The third kappa shape index (κ3) is 2.59. The van der Waals surface area contributed by atoms with Crippen molar-refractivity contribution < 1.29 is 9.66 Å². The minimum Gasteiger partial charge on any atom is -0.376 e. The van der Waals surface area contributed by atoms with Crippen LogP contribution in [0, 0.1) is 29.4 Å². The van der Waals surface area contributed by atoms with E-state index in [0.717, 1.165) is 0 Å². The fourth-order valence-corrected chi connectivity index (χ4v) is 2.12. The monoisotopic (exact) mass is 282 g/mol. The van der Waals surface area contributed by atoms with E-state index in [1.165, 1.54) is 6.92 Å². The van der Waals surface area contributed by atoms with Gasteiger partial charge in [-0.25, -0.2) is 4.98 Å². The molecule has 1 saturated heterocycles. The lowest BCUT2D eigenvalue weighted by atomic mass is 10.2. The third-order valence-corrected chi connectivity index (χ3v) is 3.03. The van der Waals surface area contributed by atoms with Gasteiger partial charge in [-0.05, 0) is 6.92 Å². The van der Waals surface area contributed by atoms with Crippen LogP contribution in [0.3, 0.4) is 0 Å². The smallest absolute Gasteiger partial charge is 0.327 e. The number of nitrogens with zero attached hydrogens (tertiary/aromatic N) is 4. The van der Waals surface area contributed by atoms with Gasteiger partial charge in [0.1, 0.15) is 11.7 Å². The molecule has 0 N–H and O–H groups in total. The largest absolute Gasteiger partial charge is 0.376 e. The molecule has 1 aliphatic heterocycles. The van der Waals surface area contributed by atoms with E-state index in [4.69, 9.17) is 22.8 Å². The second-order valence-electron chi connectivity index (χ2n) is 3.96. The summed E-state index contributed by atoms with van der Waals surface area (Å²) >= 11 is 5.84. The lowest BCUT2D eigenvalue weighted by Gasteiger charge is -2.32. The maximum atomic E-state index is 10.8. The summed E-state index contributed by atoms with van der Waals surface area (Å²) in [6.07, 6.45) is 5.42. The molecule has 100 valence electrons. The minimum absolute atomic E-state index is 0.185. The first-order valence-electron chi connectivity index (χ1n) is 5.53. The van der Waals surface area contributed by atoms with Crippen molar-refractivity contribution in [3.05, 3.63) is 21.0 Å². The summed E-state index contributed by atoms with van der Waals surface area (Å²) in [4.78, 5) is 20.1. The molecule has 0 amide bonds. The SMILES string of the molecule is C#C[C@H]1COCCN1c1nc(C)c([N+](=O)[O-])c(Cl)n1. The van der Waals surface area contributed by atoms with Gasteiger partial charge in [0, 0.05) is 6.54 Å². The highest BCUT2D eigenvalue weighted by Crippen LogP contribution is 2.28. The number of aryl methyl sites for hydroxylation is 1. The van der Waals surface area contributed by atoms with Crippen molar-refractivity contribution >= 4 is 23.2 Å². The van der Waals surface area contributed by atoms with Gasteiger partial charge in [-0.1, -0.05) is 17.5 Å². The normalized spacial score (nSPS) is 19.0. The van der Waals surface area contributed by atoms with Gasteiger partial charge in [-0.15, -0.1) is 6.42 Å². The molecule has 0 unspecified atom stereocenters. The van der Waals surface area contributed by atoms with Crippen LogP contribution in [0.15, 0.2) is 0 Å². The number of rotatable bonds is 2. The molecule has 0 bridgehead atoms. The Balaban J connectivity index is 2.41. The van der Waals surface area contributed by atoms with Crippen molar-refractivity contribution in [2.24, 2.45) is 0 Å². The second-order valence-corrected chi connectivity index (χ2v) is 4.31. The summed E-state index contributed by atoms with van der Waals surface area (Å²) < 4.78 is 5.27. The average Bonchev–Trinajstić information content (AvgIpc) is 2.37. The number of ether oxygens (including phenoxy) is 1. The van der Waals surface area contributed by atoms with Crippen molar-refractivity contribution in [3.63, 3.8) is 0 Å². The molecule has 7 nitrogen and oxygen atoms in total. The maximum Gasteiger partial charge on any atom is 0.327 e. The fraction of sp³-hybridized carbons (Fsp3) is 0.455. The van der Waals surface area contributed by atoms with Crippen molar-refractivity contribution in [2.45, 2.75) is 13.0 Å². The zero-order valence-electron chi connectivity index (χ0n) is 10.2. The van der Waals surface area contributed by atoms with Gasteiger partial charge in [-0.2, -0.15) is 4.98 Å². The van der Waals surface area contributed by atoms with Gasteiger partial charge < -0.3 is 9.64 Å². The number of hydrogen-bond acceptors (Lipinski definition) is 6. The highest BCUT2D eigenvalue weighted by molar-refractivity contribution is 6.31. The van der Waals surface area contributed by atoms with E-state index in [1.54, 1.807) is 4.90 Å². The Morgan fingerprint density at radius 1 is 1.63 bits per heavy atom. The summed E-state index contributed by atoms with van der Waals surface area (Å²) in [6, 6.07) is -0.300. The van der Waals surface area contributed by atoms with Crippen molar-refractivity contribution in [2.75, 3.05) is 24.7 Å². The Morgan fingerprint density at radius 2 is 2.37 bits per heavy atom. The number of halogens is 1. The number of aromatic nitrogens is 2. The van der Waals surface area contributed by atoms with Gasteiger partial charge in [0.15, 0.2) is 0 Å². The molecule has 1 atom stereocenters. The lowest BCUT2D eigenvalue weighted by molar-refractivity contribution is -0.385. The van der Waals surface area contributed by atoms with Gasteiger partial charge >= 0.3 is 5.69 Å². The van der Waals surface area contributed by atoms with Gasteiger partial charge in [0.05, 0.1) is 18.1 Å². The number of anilines is 1. The molecular formula is C11H11ClN4O3. The van der Waals surface area contributed by atoms with Crippen LogP contribution < -0.4 is 4.90 Å². The molecule has 2 rings (SSSR count). The van der Waals surface area contributed by atoms with E-state index >= 15 is 0 Å². The highest BCUT2D eigenvalue weighted by Gasteiger charge is 2.27. The van der Waals surface area contributed by atoms with Crippen LogP contribution >= 0.6 is 11.6 Å². The van der Waals surface area contributed by atoms with Crippen molar-refractivity contribution in [1.29, 1.82) is 0 Å². The number of nitro groups is 1. The van der Waals surface area contributed by atoms with E-state index in [9.17, 15) is 10.1 Å². The van der Waals surface area contributed by atoms with Crippen LogP contribution in [0.5, 0.6) is 0 Å². The molecule has 8 heteroatoms. The van der Waals surface area contributed by atoms with E-state index in [0.29, 0.717) is 25.7 Å². The predicted octanol–water partition coefficient (Wildman–Crippen LogP) is 1.19. The molecule has 1 aromatic rings. The average molecular weight is 283 g/mol. The summed E-state index contributed by atoms with van der Waals surface area (Å²) in [5, 5.41) is 10.6. The van der Waals surface area contributed by atoms with Crippen LogP contribution in [0.4, 0.5) is 11.6 Å². The molecule has 0 spiro atoms. The fourth-order valence-electron chi connectivity index (χ4n) is 1.84. The van der Waals surface area contributed by atoms with Crippen LogP contribution in [0.1, 0.15) is 5.69 Å². The molecule has 2 heterocycles. The van der Waals surface area contributed by atoms with Gasteiger partial charge in [0.25, 0.3) is 0 Å². The highest BCUT2D eigenvalue weighted by atomic mass is 35.5. The summed E-state index contributed by atoms with van der Waals surface area (Å²) in [5.41, 5.74) is -0.0711. The Kier molecular flexibility index (Phi) is 3.83. The first-order valence-corrected chi connectivity index (χ1v) is 5.91. The molecule has 0 radical (unpaired) electrons. The number of morpholine rings is 1. The van der Waals surface area contributed by atoms with Crippen LogP contribution in [-0.4, -0.2) is 40.7 Å². The molecule has 19 heavy (non-hydrogen) atoms. The van der Waals surface area contributed by atoms with Crippen molar-refractivity contribution in [1.82, 2.24) is 9.97 Å². The van der Waals surface area contributed by atoms with Crippen LogP contribution in [-0.2, 0) is 4.74 Å². The zero-order valence-corrected chi connectivity index (χ0v) is 10.9. The van der Waals surface area contributed by atoms with E-state index in [-0.39, 0.29) is 22.6 Å². The standard InChI is InChI=1S/C11H11ClN4O3/c1-3-8-6-19-5-4-15(8)11-13-7(2)9(16(17)18)10(12)14-11/h1,8H,4-6H2,2H3/t8-/m0/s1. The molecule has 1 aromatic heterocycles.